The van der Waals surface area contributed by atoms with Crippen molar-refractivity contribution in [1.29, 1.82) is 0 Å². The van der Waals surface area contributed by atoms with Crippen molar-refractivity contribution in [2.45, 2.75) is 45.1 Å². The van der Waals surface area contributed by atoms with Crippen LogP contribution in [-0.4, -0.2) is 0 Å². The van der Waals surface area contributed by atoms with Gasteiger partial charge >= 0.3 is 0 Å². The van der Waals surface area contributed by atoms with Gasteiger partial charge in [0.05, 0.1) is 11.7 Å². The van der Waals surface area contributed by atoms with Crippen molar-refractivity contribution < 1.29 is 0 Å². The third-order valence-electron chi connectivity index (χ3n) is 12.8. The monoisotopic (exact) mass is 786 g/mol. The molecule has 9 aromatic rings. The van der Waals surface area contributed by atoms with Crippen molar-refractivity contribution in [1.82, 2.24) is 0 Å². The number of anilines is 5. The molecule has 0 aromatic heterocycles. The van der Waals surface area contributed by atoms with E-state index in [1.54, 1.807) is 0 Å². The molecule has 0 N–H and O–H groups in total. The number of allylic oxidation sites excluding steroid dienone is 1. The second-order valence-electron chi connectivity index (χ2n) is 16.7. The van der Waals surface area contributed by atoms with E-state index in [-0.39, 0.29) is 12.0 Å². The number of nitrogens with zero attached hydrogens (tertiary/aromatic N) is 2. The SMILES string of the molecule is C=CC(C)c1ccc(N(c2ccccc2)C2CC(c3ccccc3)=c3ccc4c(N(c5ccccc5)c5ccc(C(C)C)cc5)cc(-c5ccccc5)c5ccc2c3c54)cc1. The number of rotatable bonds is 11. The first-order valence-electron chi connectivity index (χ1n) is 21.7. The largest absolute Gasteiger partial charge is 0.334 e. The summed E-state index contributed by atoms with van der Waals surface area (Å²) in [5.74, 6) is 0.720. The molecule has 0 amide bonds. The average Bonchev–Trinajstić information content (AvgIpc) is 3.32. The topological polar surface area (TPSA) is 6.48 Å². The van der Waals surface area contributed by atoms with Crippen LogP contribution in [0.2, 0.25) is 0 Å². The Morgan fingerprint density at radius 3 is 1.66 bits per heavy atom. The van der Waals surface area contributed by atoms with Gasteiger partial charge in [0.2, 0.25) is 0 Å². The normalized spacial score (nSPS) is 14.0. The Morgan fingerprint density at radius 2 is 1.03 bits per heavy atom. The van der Waals surface area contributed by atoms with Gasteiger partial charge in [-0.05, 0) is 133 Å². The summed E-state index contributed by atoms with van der Waals surface area (Å²) >= 11 is 0. The molecule has 0 aliphatic heterocycles. The Hall–Kier alpha value is -7.16. The van der Waals surface area contributed by atoms with Gasteiger partial charge in [0.15, 0.2) is 0 Å². The Labute approximate surface area is 360 Å². The van der Waals surface area contributed by atoms with E-state index in [4.69, 9.17) is 0 Å². The number of para-hydroxylation sites is 2. The predicted molar refractivity (Wildman–Crippen MR) is 261 cm³/mol. The highest BCUT2D eigenvalue weighted by Gasteiger charge is 2.32. The van der Waals surface area contributed by atoms with Crippen molar-refractivity contribution in [2.75, 3.05) is 9.80 Å². The maximum Gasteiger partial charge on any atom is 0.0638 e. The molecule has 2 nitrogen and oxygen atoms in total. The van der Waals surface area contributed by atoms with Crippen molar-refractivity contribution in [3.8, 4) is 11.1 Å². The van der Waals surface area contributed by atoms with Crippen molar-refractivity contribution in [2.24, 2.45) is 0 Å². The van der Waals surface area contributed by atoms with Gasteiger partial charge in [0.25, 0.3) is 0 Å². The van der Waals surface area contributed by atoms with Crippen molar-refractivity contribution >= 4 is 55.6 Å². The van der Waals surface area contributed by atoms with E-state index in [1.165, 1.54) is 77.1 Å². The summed E-state index contributed by atoms with van der Waals surface area (Å²) in [4.78, 5) is 5.04. The Kier molecular flexibility index (Phi) is 10.1. The predicted octanol–water partition coefficient (Wildman–Crippen LogP) is 15.7. The van der Waals surface area contributed by atoms with Crippen LogP contribution in [0.15, 0.2) is 213 Å². The van der Waals surface area contributed by atoms with Crippen LogP contribution in [0.1, 0.15) is 67.3 Å². The van der Waals surface area contributed by atoms with E-state index >= 15 is 0 Å². The smallest absolute Gasteiger partial charge is 0.0638 e. The summed E-state index contributed by atoms with van der Waals surface area (Å²) in [6.07, 6.45) is 2.87. The van der Waals surface area contributed by atoms with Gasteiger partial charge in [-0.1, -0.05) is 172 Å². The van der Waals surface area contributed by atoms with E-state index in [0.717, 1.165) is 23.5 Å². The molecule has 61 heavy (non-hydrogen) atoms. The highest BCUT2D eigenvalue weighted by atomic mass is 15.2. The maximum atomic E-state index is 4.08. The molecule has 0 bridgehead atoms. The zero-order chi connectivity index (χ0) is 41.5. The minimum atomic E-state index is 0.0143. The second-order valence-corrected chi connectivity index (χ2v) is 16.7. The van der Waals surface area contributed by atoms with Gasteiger partial charge in [-0.25, -0.2) is 0 Å². The van der Waals surface area contributed by atoms with Crippen molar-refractivity contribution in [3.05, 3.63) is 240 Å². The molecule has 2 atom stereocenters. The third-order valence-corrected chi connectivity index (χ3v) is 12.8. The highest BCUT2D eigenvalue weighted by Crippen LogP contribution is 2.50. The van der Waals surface area contributed by atoms with Gasteiger partial charge in [-0.3, -0.25) is 0 Å². The lowest BCUT2D eigenvalue weighted by molar-refractivity contribution is 0.715. The van der Waals surface area contributed by atoms with Gasteiger partial charge in [0, 0.05) is 28.1 Å². The van der Waals surface area contributed by atoms with Crippen LogP contribution in [0.5, 0.6) is 0 Å². The molecule has 0 saturated heterocycles. The zero-order valence-corrected chi connectivity index (χ0v) is 35.2. The first-order valence-corrected chi connectivity index (χ1v) is 21.7. The average molecular weight is 787 g/mol. The van der Waals surface area contributed by atoms with Crippen LogP contribution >= 0.6 is 0 Å². The fourth-order valence-electron chi connectivity index (χ4n) is 9.56. The summed E-state index contributed by atoms with van der Waals surface area (Å²) < 4.78 is 0. The second kappa shape index (κ2) is 16.1. The van der Waals surface area contributed by atoms with Crippen LogP contribution in [0, 0.1) is 0 Å². The summed E-state index contributed by atoms with van der Waals surface area (Å²) in [7, 11) is 0. The summed E-state index contributed by atoms with van der Waals surface area (Å²) in [6, 6.07) is 74.2. The van der Waals surface area contributed by atoms with E-state index in [2.05, 4.69) is 237 Å². The number of hydrogen-bond acceptors (Lipinski definition) is 2. The fourth-order valence-corrected chi connectivity index (χ4v) is 9.56. The van der Waals surface area contributed by atoms with Crippen LogP contribution in [-0.2, 0) is 0 Å². The van der Waals surface area contributed by atoms with Crippen molar-refractivity contribution in [3.63, 3.8) is 0 Å². The van der Waals surface area contributed by atoms with Gasteiger partial charge < -0.3 is 9.80 Å². The Balaban J connectivity index is 1.31. The lowest BCUT2D eigenvalue weighted by Gasteiger charge is -2.38. The molecule has 1 aliphatic rings. The fraction of sp³-hybridized carbons (Fsp3) is 0.119. The lowest BCUT2D eigenvalue weighted by Crippen LogP contribution is -2.30. The number of benzene rings is 9. The molecule has 0 radical (unpaired) electrons. The van der Waals surface area contributed by atoms with Crippen LogP contribution in [0.4, 0.5) is 28.4 Å². The molecular formula is C59H50N2. The van der Waals surface area contributed by atoms with Crippen LogP contribution in [0.25, 0.3) is 38.2 Å². The molecular weight excluding hydrogens is 737 g/mol. The quantitative estimate of drug-likeness (QED) is 0.121. The molecule has 0 fully saturated rings. The first kappa shape index (κ1) is 38.1. The minimum absolute atomic E-state index is 0.0143. The van der Waals surface area contributed by atoms with Gasteiger partial charge in [0.1, 0.15) is 0 Å². The molecule has 2 heteroatoms. The minimum Gasteiger partial charge on any atom is -0.334 e. The Morgan fingerprint density at radius 1 is 0.508 bits per heavy atom. The molecule has 9 aromatic carbocycles. The highest BCUT2D eigenvalue weighted by molar-refractivity contribution is 6.22. The van der Waals surface area contributed by atoms with E-state index in [0.29, 0.717) is 5.92 Å². The number of hydrogen-bond donors (Lipinski definition) is 0. The third kappa shape index (κ3) is 6.89. The molecule has 0 heterocycles. The molecule has 2 unspecified atom stereocenters. The van der Waals surface area contributed by atoms with Crippen LogP contribution in [0.3, 0.4) is 0 Å². The van der Waals surface area contributed by atoms with Crippen LogP contribution < -0.4 is 15.0 Å². The molecule has 10 rings (SSSR count). The maximum absolute atomic E-state index is 4.08. The summed E-state index contributed by atoms with van der Waals surface area (Å²) in [5.41, 5.74) is 14.7. The van der Waals surface area contributed by atoms with E-state index in [9.17, 15) is 0 Å². The summed E-state index contributed by atoms with van der Waals surface area (Å²) in [5, 5.41) is 6.42. The molecule has 296 valence electrons. The lowest BCUT2D eigenvalue weighted by atomic mass is 9.79. The molecule has 1 aliphatic carbocycles. The zero-order valence-electron chi connectivity index (χ0n) is 35.2. The standard InChI is InChI=1S/C59H50N2/c1-5-41(4)43-28-32-49(33-29-43)61(47-24-16-9-17-25-47)57-39-55(45-20-12-7-13-21-45)51-34-36-52-56(60(46-22-14-8-15-23-46)48-30-26-42(27-31-48)40(2)3)38-54(44-18-10-6-11-19-44)50-35-37-53(57)59(51)58(50)52/h5-38,40-41,57H,1,39H2,2-4H3. The van der Waals surface area contributed by atoms with Gasteiger partial charge in [-0.2, -0.15) is 0 Å². The molecule has 0 saturated carbocycles. The van der Waals surface area contributed by atoms with E-state index < -0.39 is 0 Å². The first-order chi connectivity index (χ1) is 30.0. The summed E-state index contributed by atoms with van der Waals surface area (Å²) in [6.45, 7) is 10.8. The molecule has 0 spiro atoms. The van der Waals surface area contributed by atoms with E-state index in [1.807, 2.05) is 6.08 Å². The van der Waals surface area contributed by atoms with Gasteiger partial charge in [-0.15, -0.1) is 6.58 Å². The Bertz CT molecular complexity index is 3030.